The van der Waals surface area contributed by atoms with Gasteiger partial charge < -0.3 is 25.5 Å². The second kappa shape index (κ2) is 8.87. The highest BCUT2D eigenvalue weighted by Gasteiger charge is 2.25. The maximum absolute atomic E-state index is 13.6. The molecule has 2 heterocycles. The minimum absolute atomic E-state index is 0.0315. The Balaban J connectivity index is 1.74. The number of urea groups is 1. The molecular weight excluding hydrogens is 377 g/mol. The second-order valence-electron chi connectivity index (χ2n) is 7.00. The molecule has 29 heavy (non-hydrogen) atoms. The maximum atomic E-state index is 13.6. The molecular formula is C20H24FN5O3. The first kappa shape index (κ1) is 20.5. The summed E-state index contributed by atoms with van der Waals surface area (Å²) in [5, 5.41) is 17.9. The lowest BCUT2D eigenvalue weighted by Gasteiger charge is -2.21. The van der Waals surface area contributed by atoms with E-state index >= 15 is 0 Å². The highest BCUT2D eigenvalue weighted by molar-refractivity contribution is 5.89. The van der Waals surface area contributed by atoms with Crippen molar-refractivity contribution in [3.63, 3.8) is 0 Å². The first-order valence-electron chi connectivity index (χ1n) is 9.32. The summed E-state index contributed by atoms with van der Waals surface area (Å²) in [6.07, 6.45) is 2.93. The monoisotopic (exact) mass is 401 g/mol. The van der Waals surface area contributed by atoms with Gasteiger partial charge in [0.05, 0.1) is 30.7 Å². The number of hydrogen-bond acceptors (Lipinski definition) is 6. The zero-order valence-electron chi connectivity index (χ0n) is 16.5. The molecule has 0 aliphatic rings. The number of benzene rings is 1. The summed E-state index contributed by atoms with van der Waals surface area (Å²) < 4.78 is 19.5. The van der Waals surface area contributed by atoms with Crippen molar-refractivity contribution in [2.45, 2.75) is 26.8 Å². The van der Waals surface area contributed by atoms with Crippen molar-refractivity contribution >= 4 is 28.6 Å². The number of fused-ring (bicyclic) bond motifs is 1. The van der Waals surface area contributed by atoms with E-state index in [1.54, 1.807) is 6.07 Å². The molecule has 2 aromatic heterocycles. The summed E-state index contributed by atoms with van der Waals surface area (Å²) >= 11 is 0. The molecule has 0 saturated heterocycles. The Morgan fingerprint density at radius 1 is 1.28 bits per heavy atom. The lowest BCUT2D eigenvalue weighted by atomic mass is 9.98. The van der Waals surface area contributed by atoms with Gasteiger partial charge in [0.25, 0.3) is 0 Å². The van der Waals surface area contributed by atoms with Gasteiger partial charge in [0.2, 0.25) is 5.95 Å². The van der Waals surface area contributed by atoms with Crippen LogP contribution in [0.25, 0.3) is 11.0 Å². The third-order valence-electron chi connectivity index (χ3n) is 4.48. The molecule has 8 nitrogen and oxygen atoms in total. The minimum Gasteiger partial charge on any atom is -0.459 e. The Bertz CT molecular complexity index is 988. The lowest BCUT2D eigenvalue weighted by Crippen LogP contribution is -2.35. The van der Waals surface area contributed by atoms with E-state index in [0.29, 0.717) is 34.9 Å². The van der Waals surface area contributed by atoms with E-state index in [9.17, 15) is 9.18 Å². The van der Waals surface area contributed by atoms with E-state index in [2.05, 4.69) is 25.9 Å². The quantitative estimate of drug-likeness (QED) is 0.481. The average molecular weight is 401 g/mol. The number of hydrogen-bond donors (Lipinski definition) is 4. The van der Waals surface area contributed by atoms with Crippen LogP contribution in [0.4, 0.5) is 20.8 Å². The standard InChI is InChI=1S/C20H24FN5O3/c1-11(2)17(18-12(3)15-8-13(21)4-5-16(15)29-18)26-20(28)25-14-9-23-19(24-10-14)22-6-7-27/h4-5,8-11,17,27H,6-7H2,1-3H3,(H,22,23,24)(H2,25,26,28)/t17-/m0/s1. The molecule has 0 radical (unpaired) electrons. The molecule has 0 aliphatic carbocycles. The van der Waals surface area contributed by atoms with Gasteiger partial charge in [-0.05, 0) is 31.0 Å². The van der Waals surface area contributed by atoms with Crippen LogP contribution < -0.4 is 16.0 Å². The molecule has 1 aromatic carbocycles. The number of carbonyl (C=O) groups excluding carboxylic acids is 1. The van der Waals surface area contributed by atoms with Crippen LogP contribution in [0.3, 0.4) is 0 Å². The van der Waals surface area contributed by atoms with Crippen LogP contribution >= 0.6 is 0 Å². The number of aryl methyl sites for hydroxylation is 1. The van der Waals surface area contributed by atoms with E-state index in [1.807, 2.05) is 20.8 Å². The summed E-state index contributed by atoms with van der Waals surface area (Å²) in [7, 11) is 0. The number of aliphatic hydroxyl groups is 1. The molecule has 4 N–H and O–H groups in total. The number of aromatic nitrogens is 2. The maximum Gasteiger partial charge on any atom is 0.319 e. The summed E-state index contributed by atoms with van der Waals surface area (Å²) in [6, 6.07) is 3.52. The summed E-state index contributed by atoms with van der Waals surface area (Å²) in [5.41, 5.74) is 1.79. The molecule has 0 unspecified atom stereocenters. The number of halogens is 1. The fourth-order valence-corrected chi connectivity index (χ4v) is 3.00. The number of furan rings is 1. The van der Waals surface area contributed by atoms with Gasteiger partial charge in [-0.25, -0.2) is 19.2 Å². The van der Waals surface area contributed by atoms with Crippen molar-refractivity contribution in [2.24, 2.45) is 5.92 Å². The minimum atomic E-state index is -0.436. The molecule has 0 aliphatic heterocycles. The normalized spacial score (nSPS) is 12.2. The smallest absolute Gasteiger partial charge is 0.319 e. The number of carbonyl (C=O) groups is 1. The molecule has 0 fully saturated rings. The van der Waals surface area contributed by atoms with E-state index in [4.69, 9.17) is 9.52 Å². The number of nitrogens with zero attached hydrogens (tertiary/aromatic N) is 2. The number of anilines is 2. The Kier molecular flexibility index (Phi) is 6.28. The van der Waals surface area contributed by atoms with Gasteiger partial charge in [0.1, 0.15) is 17.2 Å². The molecule has 9 heteroatoms. The van der Waals surface area contributed by atoms with Gasteiger partial charge in [-0.1, -0.05) is 13.8 Å². The number of aliphatic hydroxyl groups excluding tert-OH is 1. The fraction of sp³-hybridized carbons (Fsp3) is 0.350. The van der Waals surface area contributed by atoms with Crippen LogP contribution in [0.2, 0.25) is 0 Å². The SMILES string of the molecule is Cc1c([C@@H](NC(=O)Nc2cnc(NCCO)nc2)C(C)C)oc2ccc(F)cc12. The predicted molar refractivity (Wildman–Crippen MR) is 108 cm³/mol. The first-order valence-corrected chi connectivity index (χ1v) is 9.32. The number of rotatable bonds is 7. The highest BCUT2D eigenvalue weighted by Crippen LogP contribution is 2.33. The second-order valence-corrected chi connectivity index (χ2v) is 7.00. The summed E-state index contributed by atoms with van der Waals surface area (Å²) in [6.45, 7) is 6.08. The molecule has 154 valence electrons. The Morgan fingerprint density at radius 2 is 2.00 bits per heavy atom. The molecule has 0 bridgehead atoms. The lowest BCUT2D eigenvalue weighted by molar-refractivity contribution is 0.241. The van der Waals surface area contributed by atoms with Crippen LogP contribution in [0, 0.1) is 18.7 Å². The van der Waals surface area contributed by atoms with Crippen LogP contribution in [-0.2, 0) is 0 Å². The van der Waals surface area contributed by atoms with Crippen molar-refractivity contribution in [1.29, 1.82) is 0 Å². The largest absolute Gasteiger partial charge is 0.459 e. The van der Waals surface area contributed by atoms with Crippen LogP contribution in [-0.4, -0.2) is 34.3 Å². The van der Waals surface area contributed by atoms with Crippen molar-refractivity contribution < 1.29 is 18.7 Å². The Hall–Kier alpha value is -3.20. The Morgan fingerprint density at radius 3 is 2.66 bits per heavy atom. The number of amides is 2. The van der Waals surface area contributed by atoms with Gasteiger partial charge in [-0.3, -0.25) is 0 Å². The third kappa shape index (κ3) is 4.80. The van der Waals surface area contributed by atoms with Crippen molar-refractivity contribution in [2.75, 3.05) is 23.8 Å². The van der Waals surface area contributed by atoms with Crippen LogP contribution in [0.5, 0.6) is 0 Å². The van der Waals surface area contributed by atoms with Crippen LogP contribution in [0.1, 0.15) is 31.2 Å². The summed E-state index contributed by atoms with van der Waals surface area (Å²) in [5.74, 6) is 0.647. The third-order valence-corrected chi connectivity index (χ3v) is 4.48. The zero-order chi connectivity index (χ0) is 21.0. The van der Waals surface area contributed by atoms with Gasteiger partial charge >= 0.3 is 6.03 Å². The number of nitrogens with one attached hydrogen (secondary N) is 3. The topological polar surface area (TPSA) is 112 Å². The predicted octanol–water partition coefficient (Wildman–Crippen LogP) is 3.59. The van der Waals surface area contributed by atoms with E-state index in [1.165, 1.54) is 24.5 Å². The van der Waals surface area contributed by atoms with Gasteiger partial charge in [-0.2, -0.15) is 0 Å². The van der Waals surface area contributed by atoms with Crippen molar-refractivity contribution in [1.82, 2.24) is 15.3 Å². The molecule has 3 rings (SSSR count). The zero-order valence-corrected chi connectivity index (χ0v) is 16.5. The van der Waals surface area contributed by atoms with Gasteiger partial charge in [0, 0.05) is 17.5 Å². The first-order chi connectivity index (χ1) is 13.9. The van der Waals surface area contributed by atoms with Gasteiger partial charge in [-0.15, -0.1) is 0 Å². The van der Waals surface area contributed by atoms with E-state index in [0.717, 1.165) is 5.56 Å². The summed E-state index contributed by atoms with van der Waals surface area (Å²) in [4.78, 5) is 20.6. The van der Waals surface area contributed by atoms with E-state index in [-0.39, 0.29) is 18.3 Å². The molecule has 0 spiro atoms. The molecule has 1 atom stereocenters. The highest BCUT2D eigenvalue weighted by atomic mass is 19.1. The fourth-order valence-electron chi connectivity index (χ4n) is 3.00. The van der Waals surface area contributed by atoms with Gasteiger partial charge in [0.15, 0.2) is 0 Å². The van der Waals surface area contributed by atoms with Crippen molar-refractivity contribution in [3.8, 4) is 0 Å². The molecule has 2 amide bonds. The molecule has 0 saturated carbocycles. The van der Waals surface area contributed by atoms with Crippen molar-refractivity contribution in [3.05, 3.63) is 47.7 Å². The Labute approximate surface area is 167 Å². The molecule has 3 aromatic rings. The van der Waals surface area contributed by atoms with E-state index < -0.39 is 12.1 Å². The van der Waals surface area contributed by atoms with Crippen LogP contribution in [0.15, 0.2) is 35.0 Å². The average Bonchev–Trinajstić information content (AvgIpc) is 3.01.